The van der Waals surface area contributed by atoms with E-state index in [1.165, 1.54) is 0 Å². The van der Waals surface area contributed by atoms with Gasteiger partial charge in [-0.25, -0.2) is 0 Å². The summed E-state index contributed by atoms with van der Waals surface area (Å²) in [6.45, 7) is 1.92. The summed E-state index contributed by atoms with van der Waals surface area (Å²) in [6.07, 6.45) is 0. The minimum absolute atomic E-state index is 0.244. The van der Waals surface area contributed by atoms with Gasteiger partial charge in [0, 0.05) is 12.1 Å². The van der Waals surface area contributed by atoms with Gasteiger partial charge in [0.15, 0.2) is 0 Å². The van der Waals surface area contributed by atoms with Crippen LogP contribution in [0.1, 0.15) is 22.8 Å². The predicted molar refractivity (Wildman–Crippen MR) is 62.1 cm³/mol. The normalized spacial score (nSPS) is 11.9. The molecule has 1 aromatic rings. The molecule has 1 aromatic carbocycles. The van der Waals surface area contributed by atoms with Crippen LogP contribution in [0.5, 0.6) is 0 Å². The van der Waals surface area contributed by atoms with Gasteiger partial charge >= 0.3 is 0 Å². The van der Waals surface area contributed by atoms with E-state index in [4.69, 9.17) is 17.3 Å². The molecule has 0 fully saturated rings. The SMILES string of the molecule is CC(Cl)C(=O)NCc1cccc(C(N)=O)c1. The molecule has 2 amide bonds. The molecule has 5 heteroatoms. The zero-order chi connectivity index (χ0) is 12.1. The summed E-state index contributed by atoms with van der Waals surface area (Å²) < 4.78 is 0. The van der Waals surface area contributed by atoms with Crippen LogP contribution in [-0.2, 0) is 11.3 Å². The van der Waals surface area contributed by atoms with Crippen molar-refractivity contribution in [2.24, 2.45) is 5.73 Å². The molecule has 0 radical (unpaired) electrons. The number of rotatable bonds is 4. The number of nitrogens with one attached hydrogen (secondary N) is 1. The first kappa shape index (κ1) is 12.5. The van der Waals surface area contributed by atoms with E-state index in [2.05, 4.69) is 5.32 Å². The molecule has 0 bridgehead atoms. The van der Waals surface area contributed by atoms with Crippen LogP contribution in [0.4, 0.5) is 0 Å². The van der Waals surface area contributed by atoms with Crippen LogP contribution >= 0.6 is 11.6 Å². The van der Waals surface area contributed by atoms with E-state index in [0.717, 1.165) is 5.56 Å². The zero-order valence-electron chi connectivity index (χ0n) is 8.87. The topological polar surface area (TPSA) is 72.2 Å². The van der Waals surface area contributed by atoms with Gasteiger partial charge < -0.3 is 11.1 Å². The summed E-state index contributed by atoms with van der Waals surface area (Å²) >= 11 is 5.59. The van der Waals surface area contributed by atoms with Gasteiger partial charge in [-0.05, 0) is 24.6 Å². The number of carbonyl (C=O) groups is 2. The van der Waals surface area contributed by atoms with E-state index in [0.29, 0.717) is 12.1 Å². The Balaban J connectivity index is 2.64. The molecule has 4 nitrogen and oxygen atoms in total. The van der Waals surface area contributed by atoms with E-state index >= 15 is 0 Å². The molecule has 0 saturated carbocycles. The fourth-order valence-corrected chi connectivity index (χ4v) is 1.24. The third-order valence-electron chi connectivity index (χ3n) is 2.04. The summed E-state index contributed by atoms with van der Waals surface area (Å²) in [7, 11) is 0. The molecule has 1 unspecified atom stereocenters. The highest BCUT2D eigenvalue weighted by molar-refractivity contribution is 6.30. The van der Waals surface area contributed by atoms with E-state index in [-0.39, 0.29) is 5.91 Å². The Labute approximate surface area is 98.8 Å². The highest BCUT2D eigenvalue weighted by Gasteiger charge is 2.08. The van der Waals surface area contributed by atoms with Gasteiger partial charge in [0.2, 0.25) is 11.8 Å². The number of alkyl halides is 1. The molecule has 0 aliphatic carbocycles. The fraction of sp³-hybridized carbons (Fsp3) is 0.273. The van der Waals surface area contributed by atoms with Gasteiger partial charge in [-0.3, -0.25) is 9.59 Å². The van der Waals surface area contributed by atoms with E-state index in [1.54, 1.807) is 31.2 Å². The number of hydrogen-bond donors (Lipinski definition) is 2. The van der Waals surface area contributed by atoms with Gasteiger partial charge in [0.1, 0.15) is 5.38 Å². The molecule has 0 heterocycles. The standard InChI is InChI=1S/C11H13ClN2O2/c1-7(12)11(16)14-6-8-3-2-4-9(5-8)10(13)15/h2-5,7H,6H2,1H3,(H2,13,15)(H,14,16). The Kier molecular flexibility index (Phi) is 4.31. The fourth-order valence-electron chi connectivity index (χ4n) is 1.16. The lowest BCUT2D eigenvalue weighted by Crippen LogP contribution is -2.29. The molecule has 0 aromatic heterocycles. The molecule has 16 heavy (non-hydrogen) atoms. The van der Waals surface area contributed by atoms with Crippen LogP contribution in [0.25, 0.3) is 0 Å². The van der Waals surface area contributed by atoms with Gasteiger partial charge in [-0.15, -0.1) is 11.6 Å². The first-order valence-electron chi connectivity index (χ1n) is 4.81. The maximum atomic E-state index is 11.2. The van der Waals surface area contributed by atoms with Crippen molar-refractivity contribution in [3.8, 4) is 0 Å². The maximum absolute atomic E-state index is 11.2. The molecule has 0 saturated heterocycles. The number of amides is 2. The van der Waals surface area contributed by atoms with Crippen molar-refractivity contribution in [3.05, 3.63) is 35.4 Å². The molecule has 0 aliphatic rings. The summed E-state index contributed by atoms with van der Waals surface area (Å²) in [4.78, 5) is 22.1. The second-order valence-corrected chi connectivity index (χ2v) is 4.05. The smallest absolute Gasteiger partial charge is 0.248 e. The number of primary amides is 1. The molecule has 3 N–H and O–H groups in total. The molecular weight excluding hydrogens is 228 g/mol. The Hall–Kier alpha value is -1.55. The third kappa shape index (κ3) is 3.55. The van der Waals surface area contributed by atoms with Crippen LogP contribution in [0.2, 0.25) is 0 Å². The number of nitrogens with two attached hydrogens (primary N) is 1. The number of benzene rings is 1. The van der Waals surface area contributed by atoms with E-state index < -0.39 is 11.3 Å². The third-order valence-corrected chi connectivity index (χ3v) is 2.24. The van der Waals surface area contributed by atoms with Crippen LogP contribution in [-0.4, -0.2) is 17.2 Å². The van der Waals surface area contributed by atoms with Crippen molar-refractivity contribution in [2.45, 2.75) is 18.8 Å². The minimum Gasteiger partial charge on any atom is -0.366 e. The van der Waals surface area contributed by atoms with E-state index in [9.17, 15) is 9.59 Å². The van der Waals surface area contributed by atoms with Crippen LogP contribution < -0.4 is 11.1 Å². The van der Waals surface area contributed by atoms with Crippen molar-refractivity contribution >= 4 is 23.4 Å². The Morgan fingerprint density at radius 1 is 1.50 bits per heavy atom. The lowest BCUT2D eigenvalue weighted by atomic mass is 10.1. The lowest BCUT2D eigenvalue weighted by Gasteiger charge is -2.07. The quantitative estimate of drug-likeness (QED) is 0.772. The molecular formula is C11H13ClN2O2. The molecule has 86 valence electrons. The maximum Gasteiger partial charge on any atom is 0.248 e. The molecule has 0 spiro atoms. The second kappa shape index (κ2) is 5.51. The minimum atomic E-state index is -0.570. The average molecular weight is 241 g/mol. The summed E-state index contributed by atoms with van der Waals surface area (Å²) in [5.74, 6) is -0.731. The van der Waals surface area contributed by atoms with Gasteiger partial charge in [-0.2, -0.15) is 0 Å². The predicted octanol–water partition coefficient (Wildman–Crippen LogP) is 1.03. The highest BCUT2D eigenvalue weighted by Crippen LogP contribution is 2.04. The zero-order valence-corrected chi connectivity index (χ0v) is 9.62. The van der Waals surface area contributed by atoms with Crippen LogP contribution in [0.15, 0.2) is 24.3 Å². The first-order chi connectivity index (χ1) is 7.50. The molecule has 0 aliphatic heterocycles. The highest BCUT2D eigenvalue weighted by atomic mass is 35.5. The second-order valence-electron chi connectivity index (χ2n) is 3.40. The van der Waals surface area contributed by atoms with Crippen molar-refractivity contribution in [3.63, 3.8) is 0 Å². The van der Waals surface area contributed by atoms with Crippen LogP contribution in [0, 0.1) is 0 Å². The average Bonchev–Trinajstić information content (AvgIpc) is 2.26. The van der Waals surface area contributed by atoms with E-state index in [1.807, 2.05) is 0 Å². The Morgan fingerprint density at radius 3 is 2.75 bits per heavy atom. The Bertz CT molecular complexity index is 405. The van der Waals surface area contributed by atoms with Gasteiger partial charge in [0.05, 0.1) is 0 Å². The number of carbonyl (C=O) groups excluding carboxylic acids is 2. The van der Waals surface area contributed by atoms with Gasteiger partial charge in [0.25, 0.3) is 0 Å². The molecule has 1 atom stereocenters. The van der Waals surface area contributed by atoms with Crippen LogP contribution in [0.3, 0.4) is 0 Å². The summed E-state index contributed by atoms with van der Waals surface area (Å²) in [5.41, 5.74) is 6.37. The van der Waals surface area contributed by atoms with Crippen molar-refractivity contribution in [1.82, 2.24) is 5.32 Å². The summed E-state index contributed by atoms with van der Waals surface area (Å²) in [6, 6.07) is 6.77. The Morgan fingerprint density at radius 2 is 2.19 bits per heavy atom. The largest absolute Gasteiger partial charge is 0.366 e. The lowest BCUT2D eigenvalue weighted by molar-refractivity contribution is -0.120. The number of hydrogen-bond acceptors (Lipinski definition) is 2. The first-order valence-corrected chi connectivity index (χ1v) is 5.25. The number of halogens is 1. The van der Waals surface area contributed by atoms with Crippen molar-refractivity contribution in [2.75, 3.05) is 0 Å². The monoisotopic (exact) mass is 240 g/mol. The molecule has 1 rings (SSSR count). The van der Waals surface area contributed by atoms with Crippen molar-refractivity contribution < 1.29 is 9.59 Å². The van der Waals surface area contributed by atoms with Gasteiger partial charge in [-0.1, -0.05) is 12.1 Å². The summed E-state index contributed by atoms with van der Waals surface area (Å²) in [5, 5.41) is 2.07. The van der Waals surface area contributed by atoms with Crippen molar-refractivity contribution in [1.29, 1.82) is 0 Å².